The summed E-state index contributed by atoms with van der Waals surface area (Å²) in [4.78, 5) is 23.7. The van der Waals surface area contributed by atoms with Crippen LogP contribution >= 0.6 is 15.9 Å². The lowest BCUT2D eigenvalue weighted by atomic mass is 10.6. The van der Waals surface area contributed by atoms with Gasteiger partial charge in [-0.1, -0.05) is 0 Å². The zero-order valence-electron chi connectivity index (χ0n) is 7.96. The molecule has 0 aromatic carbocycles. The van der Waals surface area contributed by atoms with Crippen molar-refractivity contribution in [2.45, 2.75) is 13.2 Å². The second-order valence-electron chi connectivity index (χ2n) is 2.47. The minimum absolute atomic E-state index is 0.00629. The summed E-state index contributed by atoms with van der Waals surface area (Å²) in [6.07, 6.45) is -2.27. The Morgan fingerprint density at radius 1 is 1.81 bits per heavy atom. The van der Waals surface area contributed by atoms with E-state index in [9.17, 15) is 19.3 Å². The molecule has 1 heterocycles. The number of nitro groups is 1. The third-order valence-electron chi connectivity index (χ3n) is 1.44. The lowest BCUT2D eigenvalue weighted by molar-refractivity contribution is -0.394. The molecule has 0 amide bonds. The molecule has 10 heteroatoms. The third-order valence-corrected chi connectivity index (χ3v) is 1.98. The van der Waals surface area contributed by atoms with E-state index in [-0.39, 0.29) is 11.3 Å². The van der Waals surface area contributed by atoms with Crippen molar-refractivity contribution < 1.29 is 18.8 Å². The van der Waals surface area contributed by atoms with Crippen LogP contribution in [0.4, 0.5) is 10.3 Å². The van der Waals surface area contributed by atoms with Gasteiger partial charge in [0.1, 0.15) is 0 Å². The zero-order valence-corrected chi connectivity index (χ0v) is 9.55. The number of hydrogen-bond donors (Lipinski definition) is 0. The number of hydrogen-bond acceptors (Lipinski definition) is 6. The first-order valence-corrected chi connectivity index (χ1v) is 4.83. The Labute approximate surface area is 96.7 Å². The van der Waals surface area contributed by atoms with Crippen LogP contribution in [0.2, 0.25) is 0 Å². The molecule has 88 valence electrons. The molecule has 16 heavy (non-hydrogen) atoms. The fourth-order valence-corrected chi connectivity index (χ4v) is 1.24. The molecule has 1 rings (SSSR count). The van der Waals surface area contributed by atoms with Gasteiger partial charge in [0.15, 0.2) is 0 Å². The van der Waals surface area contributed by atoms with Crippen LogP contribution in [-0.4, -0.2) is 32.3 Å². The van der Waals surface area contributed by atoms with Crippen LogP contribution in [-0.2, 0) is 9.53 Å². The smallest absolute Gasteiger partial charge is 0.462 e. The SMILES string of the molecule is CCOC(=O)C(F)n1nc([N+](=O)[O-])nc1Br. The molecule has 0 fully saturated rings. The van der Waals surface area contributed by atoms with Gasteiger partial charge in [-0.3, -0.25) is 0 Å². The first-order chi connectivity index (χ1) is 7.47. The van der Waals surface area contributed by atoms with Gasteiger partial charge in [0.25, 0.3) is 4.73 Å². The van der Waals surface area contributed by atoms with E-state index in [0.717, 1.165) is 0 Å². The molecule has 0 aliphatic carbocycles. The Morgan fingerprint density at radius 3 is 2.88 bits per heavy atom. The van der Waals surface area contributed by atoms with Crippen LogP contribution in [0.1, 0.15) is 13.2 Å². The number of esters is 1. The Kier molecular flexibility index (Phi) is 3.88. The first-order valence-electron chi connectivity index (χ1n) is 4.04. The molecule has 0 aliphatic heterocycles. The van der Waals surface area contributed by atoms with Gasteiger partial charge in [-0.25, -0.2) is 9.18 Å². The van der Waals surface area contributed by atoms with Crippen molar-refractivity contribution in [1.82, 2.24) is 14.8 Å². The molecule has 0 N–H and O–H groups in total. The Bertz CT molecular complexity index is 423. The highest BCUT2D eigenvalue weighted by Gasteiger charge is 2.31. The summed E-state index contributed by atoms with van der Waals surface area (Å²) in [5.74, 6) is -2.00. The van der Waals surface area contributed by atoms with Gasteiger partial charge >= 0.3 is 18.2 Å². The van der Waals surface area contributed by atoms with Gasteiger partial charge < -0.3 is 14.9 Å². The normalized spacial score (nSPS) is 12.2. The van der Waals surface area contributed by atoms with Crippen LogP contribution < -0.4 is 0 Å². The standard InChI is InChI=1S/C6H6BrFN4O4/c1-2-16-4(13)3(8)11-5(7)9-6(10-11)12(14)15/h3H,2H2,1H3. The van der Waals surface area contributed by atoms with Crippen molar-refractivity contribution in [1.29, 1.82) is 0 Å². The fraction of sp³-hybridized carbons (Fsp3) is 0.500. The van der Waals surface area contributed by atoms with Crippen molar-refractivity contribution in [3.05, 3.63) is 14.8 Å². The van der Waals surface area contributed by atoms with Gasteiger partial charge in [0.2, 0.25) is 0 Å². The molecule has 0 saturated carbocycles. The lowest BCUT2D eigenvalue weighted by Crippen LogP contribution is -2.19. The highest BCUT2D eigenvalue weighted by molar-refractivity contribution is 9.10. The van der Waals surface area contributed by atoms with Gasteiger partial charge in [0.05, 0.1) is 6.61 Å². The van der Waals surface area contributed by atoms with Gasteiger partial charge in [-0.05, 0) is 16.8 Å². The average molecular weight is 297 g/mol. The summed E-state index contributed by atoms with van der Waals surface area (Å²) in [7, 11) is 0. The molecular weight excluding hydrogens is 291 g/mol. The second-order valence-corrected chi connectivity index (χ2v) is 3.18. The van der Waals surface area contributed by atoms with Crippen molar-refractivity contribution in [2.75, 3.05) is 6.61 Å². The minimum Gasteiger partial charge on any atom is -0.462 e. The largest absolute Gasteiger partial charge is 0.492 e. The summed E-state index contributed by atoms with van der Waals surface area (Å²) in [6.45, 7) is 1.50. The predicted octanol–water partition coefficient (Wildman–Crippen LogP) is 0.980. The molecule has 1 aromatic heterocycles. The Hall–Kier alpha value is -1.58. The van der Waals surface area contributed by atoms with E-state index in [1.807, 2.05) is 0 Å². The average Bonchev–Trinajstić information content (AvgIpc) is 2.60. The number of alkyl halides is 1. The van der Waals surface area contributed by atoms with Gasteiger partial charge in [0, 0.05) is 21.0 Å². The Balaban J connectivity index is 2.95. The van der Waals surface area contributed by atoms with E-state index < -0.39 is 23.1 Å². The third kappa shape index (κ3) is 2.51. The maximum Gasteiger partial charge on any atom is 0.492 e. The van der Waals surface area contributed by atoms with E-state index in [1.54, 1.807) is 0 Å². The van der Waals surface area contributed by atoms with Crippen LogP contribution in [0.3, 0.4) is 0 Å². The summed E-state index contributed by atoms with van der Waals surface area (Å²) >= 11 is 2.74. The van der Waals surface area contributed by atoms with E-state index in [4.69, 9.17) is 0 Å². The van der Waals surface area contributed by atoms with Crippen LogP contribution in [0.25, 0.3) is 0 Å². The number of aromatic nitrogens is 3. The number of rotatable bonds is 4. The maximum absolute atomic E-state index is 13.4. The van der Waals surface area contributed by atoms with E-state index >= 15 is 0 Å². The topological polar surface area (TPSA) is 100 Å². The number of carbonyl (C=O) groups is 1. The molecule has 0 radical (unpaired) electrons. The lowest BCUT2D eigenvalue weighted by Gasteiger charge is -2.04. The first kappa shape index (κ1) is 12.5. The Morgan fingerprint density at radius 2 is 2.44 bits per heavy atom. The van der Waals surface area contributed by atoms with E-state index in [0.29, 0.717) is 4.68 Å². The fourth-order valence-electron chi connectivity index (χ4n) is 0.826. The summed E-state index contributed by atoms with van der Waals surface area (Å²) in [6, 6.07) is 0. The van der Waals surface area contributed by atoms with E-state index in [1.165, 1.54) is 6.92 Å². The number of ether oxygens (including phenoxy) is 1. The van der Waals surface area contributed by atoms with Crippen molar-refractivity contribution in [3.63, 3.8) is 0 Å². The van der Waals surface area contributed by atoms with E-state index in [2.05, 4.69) is 30.7 Å². The van der Waals surface area contributed by atoms with Crippen molar-refractivity contribution in [3.8, 4) is 0 Å². The van der Waals surface area contributed by atoms with Crippen LogP contribution in [0.15, 0.2) is 4.73 Å². The van der Waals surface area contributed by atoms with Crippen LogP contribution in [0.5, 0.6) is 0 Å². The number of halogens is 2. The number of carbonyl (C=O) groups excluding carboxylic acids is 1. The molecule has 0 spiro atoms. The van der Waals surface area contributed by atoms with Crippen LogP contribution in [0, 0.1) is 10.1 Å². The maximum atomic E-state index is 13.4. The van der Waals surface area contributed by atoms with Crippen molar-refractivity contribution >= 4 is 27.8 Å². The molecule has 0 bridgehead atoms. The minimum atomic E-state index is -2.27. The molecule has 0 saturated heterocycles. The van der Waals surface area contributed by atoms with Gasteiger partial charge in [-0.2, -0.15) is 0 Å². The molecule has 1 atom stereocenters. The van der Waals surface area contributed by atoms with Gasteiger partial charge in [-0.15, -0.1) is 4.68 Å². The van der Waals surface area contributed by atoms with Crippen molar-refractivity contribution in [2.24, 2.45) is 0 Å². The highest BCUT2D eigenvalue weighted by atomic mass is 79.9. The molecule has 0 aliphatic rings. The zero-order chi connectivity index (χ0) is 12.3. The second kappa shape index (κ2) is 4.96. The predicted molar refractivity (Wildman–Crippen MR) is 51.2 cm³/mol. The molecule has 1 unspecified atom stereocenters. The number of nitrogens with zero attached hydrogens (tertiary/aromatic N) is 4. The monoisotopic (exact) mass is 296 g/mol. The summed E-state index contributed by atoms with van der Waals surface area (Å²) in [5.41, 5.74) is 0. The molecule has 8 nitrogen and oxygen atoms in total. The summed E-state index contributed by atoms with van der Waals surface area (Å²) < 4.78 is 17.9. The highest BCUT2D eigenvalue weighted by Crippen LogP contribution is 2.19. The quantitative estimate of drug-likeness (QED) is 0.466. The molecule has 1 aromatic rings. The summed E-state index contributed by atoms with van der Waals surface area (Å²) in [5, 5.41) is 13.5. The molecular formula is C6H6BrFN4O4.